The first-order valence-corrected chi connectivity index (χ1v) is 6.08. The lowest BCUT2D eigenvalue weighted by molar-refractivity contribution is -0.121. The summed E-state index contributed by atoms with van der Waals surface area (Å²) in [4.78, 5) is 13.2. The number of halogens is 1. The van der Waals surface area contributed by atoms with E-state index in [0.717, 1.165) is 24.1 Å². The van der Waals surface area contributed by atoms with E-state index in [1.807, 2.05) is 6.07 Å². The zero-order valence-electron chi connectivity index (χ0n) is 10.2. The van der Waals surface area contributed by atoms with Crippen LogP contribution < -0.4 is 11.5 Å². The van der Waals surface area contributed by atoms with Crippen LogP contribution in [0.3, 0.4) is 0 Å². The minimum absolute atomic E-state index is 0.0764. The van der Waals surface area contributed by atoms with Crippen molar-refractivity contribution >= 4 is 5.91 Å². The van der Waals surface area contributed by atoms with Crippen LogP contribution in [0.25, 0.3) is 0 Å². The molecule has 0 aliphatic carbocycles. The van der Waals surface area contributed by atoms with Crippen molar-refractivity contribution in [3.8, 4) is 0 Å². The van der Waals surface area contributed by atoms with Crippen molar-refractivity contribution in [1.29, 1.82) is 0 Å². The van der Waals surface area contributed by atoms with Gasteiger partial charge in [0.25, 0.3) is 0 Å². The third-order valence-electron chi connectivity index (χ3n) is 3.33. The fourth-order valence-corrected chi connectivity index (χ4v) is 2.39. The van der Waals surface area contributed by atoms with Gasteiger partial charge >= 0.3 is 0 Å². The molecule has 1 fully saturated rings. The summed E-state index contributed by atoms with van der Waals surface area (Å²) in [5, 5.41) is 0. The summed E-state index contributed by atoms with van der Waals surface area (Å²) in [5.74, 6) is -0.592. The average molecular weight is 251 g/mol. The number of benzene rings is 1. The second kappa shape index (κ2) is 5.46. The van der Waals surface area contributed by atoms with E-state index < -0.39 is 0 Å². The van der Waals surface area contributed by atoms with E-state index >= 15 is 0 Å². The van der Waals surface area contributed by atoms with E-state index in [-0.39, 0.29) is 17.6 Å². The fraction of sp³-hybridized carbons (Fsp3) is 0.462. The molecule has 1 atom stereocenters. The van der Waals surface area contributed by atoms with Crippen LogP contribution in [0.15, 0.2) is 18.2 Å². The van der Waals surface area contributed by atoms with E-state index in [1.54, 1.807) is 0 Å². The summed E-state index contributed by atoms with van der Waals surface area (Å²) in [6.07, 6.45) is 0.786. The van der Waals surface area contributed by atoms with Gasteiger partial charge in [0.1, 0.15) is 5.82 Å². The zero-order valence-corrected chi connectivity index (χ0v) is 10.2. The SMILES string of the molecule is NCc1cc(F)cc(CN2CCC(C(N)=O)C2)c1. The van der Waals surface area contributed by atoms with Crippen molar-refractivity contribution in [2.24, 2.45) is 17.4 Å². The van der Waals surface area contributed by atoms with Gasteiger partial charge in [-0.3, -0.25) is 9.69 Å². The number of likely N-dealkylation sites (tertiary alicyclic amines) is 1. The molecule has 0 spiro atoms. The average Bonchev–Trinajstić information content (AvgIpc) is 2.76. The number of rotatable bonds is 4. The van der Waals surface area contributed by atoms with E-state index in [0.29, 0.717) is 19.6 Å². The smallest absolute Gasteiger partial charge is 0.221 e. The lowest BCUT2D eigenvalue weighted by Crippen LogP contribution is -2.27. The maximum atomic E-state index is 13.3. The lowest BCUT2D eigenvalue weighted by Gasteiger charge is -2.16. The van der Waals surface area contributed by atoms with Crippen LogP contribution in [0.2, 0.25) is 0 Å². The molecular formula is C13H18FN3O. The largest absolute Gasteiger partial charge is 0.369 e. The number of primary amides is 1. The van der Waals surface area contributed by atoms with Crippen LogP contribution in [0.5, 0.6) is 0 Å². The van der Waals surface area contributed by atoms with Gasteiger partial charge in [-0.1, -0.05) is 6.07 Å². The molecule has 2 rings (SSSR count). The van der Waals surface area contributed by atoms with Crippen LogP contribution in [-0.2, 0) is 17.9 Å². The molecule has 1 unspecified atom stereocenters. The Kier molecular flexibility index (Phi) is 3.93. The second-order valence-corrected chi connectivity index (χ2v) is 4.79. The van der Waals surface area contributed by atoms with E-state index in [9.17, 15) is 9.18 Å². The van der Waals surface area contributed by atoms with Crippen molar-refractivity contribution in [2.45, 2.75) is 19.5 Å². The number of carbonyl (C=O) groups excluding carboxylic acids is 1. The van der Waals surface area contributed by atoms with Crippen molar-refractivity contribution in [3.05, 3.63) is 35.1 Å². The predicted molar refractivity (Wildman–Crippen MR) is 66.9 cm³/mol. The van der Waals surface area contributed by atoms with Crippen molar-refractivity contribution in [3.63, 3.8) is 0 Å². The molecule has 1 amide bonds. The third-order valence-corrected chi connectivity index (χ3v) is 3.33. The van der Waals surface area contributed by atoms with E-state index in [2.05, 4.69) is 4.90 Å². The minimum atomic E-state index is -0.265. The van der Waals surface area contributed by atoms with Gasteiger partial charge in [0.15, 0.2) is 0 Å². The summed E-state index contributed by atoms with van der Waals surface area (Å²) in [5.41, 5.74) is 12.5. The highest BCUT2D eigenvalue weighted by Gasteiger charge is 2.26. The Hall–Kier alpha value is -1.46. The molecule has 0 radical (unpaired) electrons. The summed E-state index contributed by atoms with van der Waals surface area (Å²) in [7, 11) is 0. The summed E-state index contributed by atoms with van der Waals surface area (Å²) in [6.45, 7) is 2.44. The van der Waals surface area contributed by atoms with Gasteiger partial charge in [-0.2, -0.15) is 0 Å². The third kappa shape index (κ3) is 3.05. The first-order chi connectivity index (χ1) is 8.58. The predicted octanol–water partition coefficient (Wildman–Crippen LogP) is 0.592. The Labute approximate surface area is 106 Å². The van der Waals surface area contributed by atoms with Crippen molar-refractivity contribution in [1.82, 2.24) is 4.90 Å². The molecule has 1 aromatic carbocycles. The summed E-state index contributed by atoms with van der Waals surface area (Å²) in [6, 6.07) is 4.86. The Bertz CT molecular complexity index is 450. The first-order valence-electron chi connectivity index (χ1n) is 6.08. The highest BCUT2D eigenvalue weighted by Crippen LogP contribution is 2.19. The van der Waals surface area contributed by atoms with Crippen LogP contribution >= 0.6 is 0 Å². The standard InChI is InChI=1S/C13H18FN3O/c14-12-4-9(6-15)3-10(5-12)7-17-2-1-11(8-17)13(16)18/h3-5,11H,1-2,6-8,15H2,(H2,16,18). The maximum Gasteiger partial charge on any atom is 0.221 e. The Morgan fingerprint density at radius 3 is 2.72 bits per heavy atom. The molecule has 5 heteroatoms. The number of carbonyl (C=O) groups is 1. The molecule has 98 valence electrons. The van der Waals surface area contributed by atoms with Gasteiger partial charge in [0.2, 0.25) is 5.91 Å². The second-order valence-electron chi connectivity index (χ2n) is 4.79. The van der Waals surface area contributed by atoms with E-state index in [4.69, 9.17) is 11.5 Å². The number of hydrogen-bond acceptors (Lipinski definition) is 3. The monoisotopic (exact) mass is 251 g/mol. The molecule has 1 aliphatic heterocycles. The summed E-state index contributed by atoms with van der Waals surface area (Å²) < 4.78 is 13.3. The Morgan fingerprint density at radius 1 is 1.39 bits per heavy atom. The molecule has 1 heterocycles. The quantitative estimate of drug-likeness (QED) is 0.822. The molecule has 4 N–H and O–H groups in total. The van der Waals surface area contributed by atoms with Crippen molar-refractivity contribution in [2.75, 3.05) is 13.1 Å². The van der Waals surface area contributed by atoms with Crippen LogP contribution in [0.4, 0.5) is 4.39 Å². The fourth-order valence-electron chi connectivity index (χ4n) is 2.39. The topological polar surface area (TPSA) is 72.3 Å². The molecule has 0 saturated carbocycles. The molecule has 0 bridgehead atoms. The van der Waals surface area contributed by atoms with Crippen LogP contribution in [-0.4, -0.2) is 23.9 Å². The van der Waals surface area contributed by atoms with Crippen molar-refractivity contribution < 1.29 is 9.18 Å². The number of hydrogen-bond donors (Lipinski definition) is 2. The normalized spacial score (nSPS) is 20.2. The molecule has 18 heavy (non-hydrogen) atoms. The Balaban J connectivity index is 2.02. The maximum absolute atomic E-state index is 13.3. The number of nitrogens with zero attached hydrogens (tertiary/aromatic N) is 1. The van der Waals surface area contributed by atoms with Crippen LogP contribution in [0, 0.1) is 11.7 Å². The molecule has 0 aromatic heterocycles. The van der Waals surface area contributed by atoms with Gasteiger partial charge in [-0.25, -0.2) is 4.39 Å². The van der Waals surface area contributed by atoms with Gasteiger partial charge in [0.05, 0.1) is 5.92 Å². The molecular weight excluding hydrogens is 233 g/mol. The number of nitrogens with two attached hydrogens (primary N) is 2. The van der Waals surface area contributed by atoms with Gasteiger partial charge in [0, 0.05) is 19.6 Å². The first kappa shape index (κ1) is 13.0. The number of amides is 1. The molecule has 1 aliphatic rings. The highest BCUT2D eigenvalue weighted by atomic mass is 19.1. The van der Waals surface area contributed by atoms with E-state index in [1.165, 1.54) is 12.1 Å². The highest BCUT2D eigenvalue weighted by molar-refractivity contribution is 5.77. The summed E-state index contributed by atoms with van der Waals surface area (Å²) >= 11 is 0. The van der Waals surface area contributed by atoms with Gasteiger partial charge < -0.3 is 11.5 Å². The van der Waals surface area contributed by atoms with Gasteiger partial charge in [-0.05, 0) is 36.2 Å². The Morgan fingerprint density at radius 2 is 2.11 bits per heavy atom. The molecule has 1 saturated heterocycles. The minimum Gasteiger partial charge on any atom is -0.369 e. The lowest BCUT2D eigenvalue weighted by atomic mass is 10.1. The zero-order chi connectivity index (χ0) is 13.1. The molecule has 1 aromatic rings. The van der Waals surface area contributed by atoms with Crippen LogP contribution in [0.1, 0.15) is 17.5 Å². The van der Waals surface area contributed by atoms with Gasteiger partial charge in [-0.15, -0.1) is 0 Å². The molecule has 4 nitrogen and oxygen atoms in total.